The van der Waals surface area contributed by atoms with Gasteiger partial charge in [0.2, 0.25) is 5.56 Å². The smallest absolute Gasteiger partial charge is 0.248 e. The van der Waals surface area contributed by atoms with Crippen LogP contribution in [0, 0.1) is 19.9 Å². The molecule has 2 aromatic heterocycles. The summed E-state index contributed by atoms with van der Waals surface area (Å²) in [7, 11) is 0. The van der Waals surface area contributed by atoms with E-state index in [2.05, 4.69) is 11.1 Å². The summed E-state index contributed by atoms with van der Waals surface area (Å²) in [6, 6.07) is 3.05. The van der Waals surface area contributed by atoms with Crippen molar-refractivity contribution in [2.45, 2.75) is 21.3 Å². The van der Waals surface area contributed by atoms with Crippen molar-refractivity contribution in [2.24, 2.45) is 0 Å². The van der Waals surface area contributed by atoms with Crippen molar-refractivity contribution >= 4 is 33.2 Å². The first-order valence-electron chi connectivity index (χ1n) is 3.80. The maximum absolute atomic E-state index is 11.3. The van der Waals surface area contributed by atoms with Crippen molar-refractivity contribution < 1.29 is 32.7 Å². The van der Waals surface area contributed by atoms with Crippen LogP contribution in [0.5, 0.6) is 0 Å². The van der Waals surface area contributed by atoms with E-state index in [1.807, 2.05) is 6.92 Å². The van der Waals surface area contributed by atoms with E-state index in [0.717, 1.165) is 9.58 Å². The number of aryl methyl sites for hydroxylation is 1. The molecular weight excluding hydrogens is 307 g/mol. The average Bonchev–Trinajstić information content (AvgIpc) is 2.42. The molecule has 0 spiro atoms. The predicted octanol–water partition coefficient (Wildman–Crippen LogP) is 3.29. The van der Waals surface area contributed by atoms with E-state index < -0.39 is 0 Å². The number of H-pyrrole nitrogens is 1. The van der Waals surface area contributed by atoms with Crippen LogP contribution in [0.4, 0.5) is 0 Å². The topological polar surface area (TPSA) is 32.9 Å². The second kappa shape index (κ2) is 5.58. The zero-order valence-electron chi connectivity index (χ0n) is 7.77. The van der Waals surface area contributed by atoms with Crippen molar-refractivity contribution in [1.29, 1.82) is 0 Å². The molecule has 0 atom stereocenters. The Morgan fingerprint density at radius 3 is 2.60 bits per heavy atom. The molecule has 0 amide bonds. The summed E-state index contributed by atoms with van der Waals surface area (Å²) in [6.45, 7) is 3.66. The van der Waals surface area contributed by atoms with Gasteiger partial charge in [-0.3, -0.25) is 16.1 Å². The molecular formula is C10H11ClNOSY-. The number of rotatable bonds is 0. The summed E-state index contributed by atoms with van der Waals surface area (Å²) < 4.78 is 0.913. The fourth-order valence-electron chi connectivity index (χ4n) is 1.18. The van der Waals surface area contributed by atoms with Gasteiger partial charge in [-0.2, -0.15) is 0 Å². The third-order valence-electron chi connectivity index (χ3n) is 1.89. The van der Waals surface area contributed by atoms with Crippen molar-refractivity contribution in [3.05, 3.63) is 31.9 Å². The van der Waals surface area contributed by atoms with Gasteiger partial charge in [-0.15, -0.1) is 22.0 Å². The largest absolute Gasteiger partial charge is 0.356 e. The Hall–Kier alpha value is 0.304. The zero-order valence-corrected chi connectivity index (χ0v) is 12.2. The molecule has 0 aliphatic carbocycles. The monoisotopic (exact) mass is 317 g/mol. The quantitative estimate of drug-likeness (QED) is 0.743. The van der Waals surface area contributed by atoms with E-state index in [1.54, 1.807) is 18.3 Å². The Morgan fingerprint density at radius 1 is 1.40 bits per heavy atom. The maximum Gasteiger partial charge on any atom is 0.248 e. The van der Waals surface area contributed by atoms with Crippen molar-refractivity contribution in [1.82, 2.24) is 4.98 Å². The summed E-state index contributed by atoms with van der Waals surface area (Å²) in [6.07, 6.45) is 0. The van der Waals surface area contributed by atoms with E-state index >= 15 is 0 Å². The van der Waals surface area contributed by atoms with Gasteiger partial charge in [-0.05, 0) is 18.9 Å². The minimum atomic E-state index is -0.133. The Morgan fingerprint density at radius 2 is 2.00 bits per heavy atom. The van der Waals surface area contributed by atoms with Crippen LogP contribution in [0.1, 0.15) is 17.9 Å². The van der Waals surface area contributed by atoms with Crippen LogP contribution < -0.4 is 5.56 Å². The third-order valence-corrected chi connectivity index (χ3v) is 3.50. The number of aromatic nitrogens is 1. The van der Waals surface area contributed by atoms with Crippen LogP contribution >= 0.6 is 22.9 Å². The molecule has 0 bridgehead atoms. The number of nitrogens with one attached hydrogen (secondary N) is 1. The SMILES string of the molecule is C.Cc1[c-]c2[nH]c(=O)c(C)c(Cl)c2s1.[Y]. The van der Waals surface area contributed by atoms with Gasteiger partial charge < -0.3 is 4.98 Å². The Kier molecular flexibility index (Phi) is 5.69. The Labute approximate surface area is 123 Å². The molecule has 2 nitrogen and oxygen atoms in total. The van der Waals surface area contributed by atoms with Gasteiger partial charge in [0.15, 0.2) is 0 Å². The molecule has 2 heterocycles. The molecule has 0 aliphatic heterocycles. The fraction of sp³-hybridized carbons (Fsp3) is 0.300. The molecule has 79 valence electrons. The van der Waals surface area contributed by atoms with E-state index in [1.165, 1.54) is 0 Å². The molecule has 0 fully saturated rings. The molecule has 2 rings (SSSR count). The summed E-state index contributed by atoms with van der Waals surface area (Å²) in [4.78, 5) is 15.1. The van der Waals surface area contributed by atoms with Crippen molar-refractivity contribution in [3.8, 4) is 0 Å². The summed E-state index contributed by atoms with van der Waals surface area (Å²) >= 11 is 7.56. The van der Waals surface area contributed by atoms with Gasteiger partial charge in [0.25, 0.3) is 0 Å². The summed E-state index contributed by atoms with van der Waals surface area (Å²) in [5.41, 5.74) is 1.15. The minimum absolute atomic E-state index is 0. The fourth-order valence-corrected chi connectivity index (χ4v) is 2.38. The van der Waals surface area contributed by atoms with Crippen LogP contribution in [0.3, 0.4) is 0 Å². The molecule has 0 aliphatic rings. The maximum atomic E-state index is 11.3. The van der Waals surface area contributed by atoms with Gasteiger partial charge in [0.05, 0.1) is 0 Å². The molecule has 1 radical (unpaired) electrons. The van der Waals surface area contributed by atoms with Crippen molar-refractivity contribution in [2.75, 3.05) is 0 Å². The molecule has 2 aromatic rings. The van der Waals surface area contributed by atoms with E-state index in [4.69, 9.17) is 11.6 Å². The molecule has 1 N–H and O–H groups in total. The van der Waals surface area contributed by atoms with Crippen LogP contribution in [0.25, 0.3) is 10.2 Å². The van der Waals surface area contributed by atoms with Gasteiger partial charge in [0.1, 0.15) is 0 Å². The second-order valence-corrected chi connectivity index (χ2v) is 4.48. The first-order chi connectivity index (χ1) is 6.09. The van der Waals surface area contributed by atoms with Crippen LogP contribution in [-0.4, -0.2) is 4.98 Å². The Balaban J connectivity index is 0.000000980. The molecule has 0 saturated carbocycles. The molecule has 15 heavy (non-hydrogen) atoms. The van der Waals surface area contributed by atoms with Crippen LogP contribution in [-0.2, 0) is 32.7 Å². The minimum Gasteiger partial charge on any atom is -0.356 e. The third kappa shape index (κ3) is 2.70. The number of aromatic amines is 1. The Bertz CT molecular complexity index is 532. The second-order valence-electron chi connectivity index (χ2n) is 2.88. The molecule has 0 aromatic carbocycles. The van der Waals surface area contributed by atoms with E-state index in [0.29, 0.717) is 16.1 Å². The van der Waals surface area contributed by atoms with Crippen molar-refractivity contribution in [3.63, 3.8) is 0 Å². The molecule has 0 saturated heterocycles. The number of hydrogen-bond acceptors (Lipinski definition) is 2. The van der Waals surface area contributed by atoms with Gasteiger partial charge >= 0.3 is 0 Å². The molecule has 5 heteroatoms. The average molecular weight is 318 g/mol. The standard InChI is InChI=1S/C9H7ClNOS.CH4.Y/c1-4-3-6-8(13-4)7(10)5(2)9(12)11-6;;/h1-2H3,(H,11,12);1H4;/q-1;;. The van der Waals surface area contributed by atoms with Gasteiger partial charge in [-0.1, -0.05) is 12.1 Å². The van der Waals surface area contributed by atoms with Gasteiger partial charge in [0, 0.05) is 38.3 Å². The predicted molar refractivity (Wildman–Crippen MR) is 62.5 cm³/mol. The zero-order chi connectivity index (χ0) is 9.59. The number of hydrogen-bond donors (Lipinski definition) is 1. The summed E-state index contributed by atoms with van der Waals surface area (Å²) in [5, 5.41) is 0.549. The summed E-state index contributed by atoms with van der Waals surface area (Å²) in [5.74, 6) is 0. The van der Waals surface area contributed by atoms with Crippen LogP contribution in [0.15, 0.2) is 4.79 Å². The number of pyridine rings is 1. The number of halogens is 1. The van der Waals surface area contributed by atoms with E-state index in [-0.39, 0.29) is 45.7 Å². The van der Waals surface area contributed by atoms with E-state index in [9.17, 15) is 4.79 Å². The van der Waals surface area contributed by atoms with Gasteiger partial charge in [-0.25, -0.2) is 6.07 Å². The number of thiophene rings is 1. The first kappa shape index (κ1) is 15.3. The normalized spacial score (nSPS) is 9.53. The van der Waals surface area contributed by atoms with Crippen LogP contribution in [0.2, 0.25) is 5.02 Å². The molecule has 0 unspecified atom stereocenters. The number of fused-ring (bicyclic) bond motifs is 1. The first-order valence-corrected chi connectivity index (χ1v) is 5.00.